The summed E-state index contributed by atoms with van der Waals surface area (Å²) in [6, 6.07) is 5.59. The predicted octanol–water partition coefficient (Wildman–Crippen LogP) is 0.602. The highest BCUT2D eigenvalue weighted by molar-refractivity contribution is 9.10. The van der Waals surface area contributed by atoms with Gasteiger partial charge in [-0.15, -0.1) is 0 Å². The van der Waals surface area contributed by atoms with Crippen molar-refractivity contribution in [2.24, 2.45) is 5.73 Å². The maximum atomic E-state index is 10.9. The molecule has 0 saturated carbocycles. The molecule has 0 aliphatic heterocycles. The molecule has 2 amide bonds. The fraction of sp³-hybridized carbons (Fsp3) is 0.273. The first kappa shape index (κ1) is 13.5. The number of benzene rings is 1. The average Bonchev–Trinajstić information content (AvgIpc) is 2.29. The monoisotopic (exact) mass is 300 g/mol. The summed E-state index contributed by atoms with van der Waals surface area (Å²) in [5, 5.41) is 2.42. The zero-order chi connectivity index (χ0) is 12.8. The number of nitrogens with two attached hydrogens (primary N) is 1. The first-order chi connectivity index (χ1) is 8.04. The van der Waals surface area contributed by atoms with E-state index in [1.807, 2.05) is 18.2 Å². The molecule has 0 bridgehead atoms. The first-order valence-corrected chi connectivity index (χ1v) is 5.74. The summed E-state index contributed by atoms with van der Waals surface area (Å²) in [5.41, 5.74) is 5.75. The Morgan fingerprint density at radius 1 is 1.47 bits per heavy atom. The third kappa shape index (κ3) is 4.07. The molecule has 1 aromatic rings. The number of halogens is 1. The third-order valence-electron chi connectivity index (χ3n) is 2.15. The molecule has 0 unspecified atom stereocenters. The molecule has 0 aromatic heterocycles. The van der Waals surface area contributed by atoms with E-state index in [4.69, 9.17) is 10.5 Å². The summed E-state index contributed by atoms with van der Waals surface area (Å²) in [5.74, 6) is -1.02. The number of carbonyl (C=O) groups is 2. The van der Waals surface area contributed by atoms with Crippen LogP contribution in [0.3, 0.4) is 0 Å². The van der Waals surface area contributed by atoms with Crippen molar-refractivity contribution in [1.82, 2.24) is 5.32 Å². The van der Waals surface area contributed by atoms with Gasteiger partial charge in [-0.25, -0.2) is 0 Å². The van der Waals surface area contributed by atoms with Crippen LogP contribution in [-0.4, -0.2) is 25.5 Å². The minimum absolute atomic E-state index is 0.328. The number of hydrogen-bond donors (Lipinski definition) is 2. The normalized spacial score (nSPS) is 9.76. The second kappa shape index (κ2) is 6.24. The van der Waals surface area contributed by atoms with Gasteiger partial charge in [-0.2, -0.15) is 0 Å². The zero-order valence-corrected chi connectivity index (χ0v) is 10.9. The number of ether oxygens (including phenoxy) is 1. The Morgan fingerprint density at radius 3 is 2.76 bits per heavy atom. The summed E-state index contributed by atoms with van der Waals surface area (Å²) in [7, 11) is 1.58. The molecule has 5 nitrogen and oxygen atoms in total. The SMILES string of the molecule is COc1ccc(Br)cc1CCNC(=O)C(N)=O. The van der Waals surface area contributed by atoms with E-state index in [1.54, 1.807) is 7.11 Å². The van der Waals surface area contributed by atoms with Gasteiger partial charge in [-0.05, 0) is 30.2 Å². The molecule has 1 aromatic carbocycles. The van der Waals surface area contributed by atoms with Crippen molar-refractivity contribution in [2.75, 3.05) is 13.7 Å². The van der Waals surface area contributed by atoms with E-state index in [2.05, 4.69) is 21.2 Å². The number of hydrogen-bond acceptors (Lipinski definition) is 3. The van der Waals surface area contributed by atoms with Gasteiger partial charge < -0.3 is 15.8 Å². The van der Waals surface area contributed by atoms with Crippen molar-refractivity contribution in [3.63, 3.8) is 0 Å². The Labute approximate surface area is 107 Å². The molecule has 6 heteroatoms. The number of rotatable bonds is 4. The number of nitrogens with one attached hydrogen (secondary N) is 1. The van der Waals surface area contributed by atoms with Gasteiger partial charge in [0.1, 0.15) is 5.75 Å². The molecule has 0 aliphatic carbocycles. The second-order valence-electron chi connectivity index (χ2n) is 3.33. The topological polar surface area (TPSA) is 81.4 Å². The quantitative estimate of drug-likeness (QED) is 0.799. The first-order valence-electron chi connectivity index (χ1n) is 4.94. The average molecular weight is 301 g/mol. The van der Waals surface area contributed by atoms with Gasteiger partial charge in [0.25, 0.3) is 0 Å². The summed E-state index contributed by atoms with van der Waals surface area (Å²) >= 11 is 3.35. The highest BCUT2D eigenvalue weighted by Crippen LogP contribution is 2.22. The van der Waals surface area contributed by atoms with Crippen LogP contribution in [0.25, 0.3) is 0 Å². The smallest absolute Gasteiger partial charge is 0.309 e. The molecule has 17 heavy (non-hydrogen) atoms. The Kier molecular flexibility index (Phi) is 4.96. The van der Waals surface area contributed by atoms with E-state index in [1.165, 1.54) is 0 Å². The van der Waals surface area contributed by atoms with Crippen molar-refractivity contribution in [2.45, 2.75) is 6.42 Å². The Hall–Kier alpha value is -1.56. The number of primary amides is 1. The van der Waals surface area contributed by atoms with Crippen molar-refractivity contribution in [3.05, 3.63) is 28.2 Å². The molecule has 0 radical (unpaired) electrons. The molecule has 92 valence electrons. The van der Waals surface area contributed by atoms with Crippen LogP contribution in [0.4, 0.5) is 0 Å². The van der Waals surface area contributed by atoms with E-state index in [0.29, 0.717) is 13.0 Å². The van der Waals surface area contributed by atoms with Crippen molar-refractivity contribution >= 4 is 27.7 Å². The van der Waals surface area contributed by atoms with Crippen LogP contribution >= 0.6 is 15.9 Å². The summed E-state index contributed by atoms with van der Waals surface area (Å²) < 4.78 is 6.11. The predicted molar refractivity (Wildman–Crippen MR) is 66.6 cm³/mol. The molecular weight excluding hydrogens is 288 g/mol. The molecule has 0 atom stereocenters. The summed E-state index contributed by atoms with van der Waals surface area (Å²) in [4.78, 5) is 21.4. The lowest BCUT2D eigenvalue weighted by molar-refractivity contribution is -0.137. The zero-order valence-electron chi connectivity index (χ0n) is 9.33. The second-order valence-corrected chi connectivity index (χ2v) is 4.24. The molecule has 0 spiro atoms. The van der Waals surface area contributed by atoms with E-state index in [0.717, 1.165) is 15.8 Å². The summed E-state index contributed by atoms with van der Waals surface area (Å²) in [6.07, 6.45) is 0.557. The number of carbonyl (C=O) groups excluding carboxylic acids is 2. The summed E-state index contributed by atoms with van der Waals surface area (Å²) in [6.45, 7) is 0.328. The van der Waals surface area contributed by atoms with Crippen molar-refractivity contribution in [3.8, 4) is 5.75 Å². The molecular formula is C11H13BrN2O3. The van der Waals surface area contributed by atoms with Crippen LogP contribution in [-0.2, 0) is 16.0 Å². The Balaban J connectivity index is 2.59. The molecule has 1 rings (SSSR count). The van der Waals surface area contributed by atoms with Gasteiger partial charge in [0.15, 0.2) is 0 Å². The van der Waals surface area contributed by atoms with Gasteiger partial charge in [0, 0.05) is 11.0 Å². The molecule has 0 aliphatic rings. The van der Waals surface area contributed by atoms with Crippen LogP contribution in [0.5, 0.6) is 5.75 Å². The maximum Gasteiger partial charge on any atom is 0.309 e. The van der Waals surface area contributed by atoms with Gasteiger partial charge in [0.2, 0.25) is 0 Å². The highest BCUT2D eigenvalue weighted by atomic mass is 79.9. The van der Waals surface area contributed by atoms with Gasteiger partial charge in [0.05, 0.1) is 7.11 Å². The van der Waals surface area contributed by atoms with Gasteiger partial charge >= 0.3 is 11.8 Å². The molecule has 0 heterocycles. The number of methoxy groups -OCH3 is 1. The molecule has 0 fully saturated rings. The Bertz CT molecular complexity index is 435. The third-order valence-corrected chi connectivity index (χ3v) is 2.64. The van der Waals surface area contributed by atoms with E-state index in [-0.39, 0.29) is 0 Å². The molecule has 0 saturated heterocycles. The minimum Gasteiger partial charge on any atom is -0.496 e. The van der Waals surface area contributed by atoms with E-state index >= 15 is 0 Å². The van der Waals surface area contributed by atoms with Crippen LogP contribution < -0.4 is 15.8 Å². The standard InChI is InChI=1S/C11H13BrN2O3/c1-17-9-3-2-8(12)6-7(9)4-5-14-11(16)10(13)15/h2-3,6H,4-5H2,1H3,(H2,13,15)(H,14,16). The van der Waals surface area contributed by atoms with Crippen LogP contribution in [0.15, 0.2) is 22.7 Å². The molecule has 3 N–H and O–H groups in total. The van der Waals surface area contributed by atoms with E-state index in [9.17, 15) is 9.59 Å². The fourth-order valence-corrected chi connectivity index (χ4v) is 1.75. The largest absolute Gasteiger partial charge is 0.496 e. The van der Waals surface area contributed by atoms with Crippen LogP contribution in [0.1, 0.15) is 5.56 Å². The maximum absolute atomic E-state index is 10.9. The lowest BCUT2D eigenvalue weighted by Gasteiger charge is -2.09. The highest BCUT2D eigenvalue weighted by Gasteiger charge is 2.08. The minimum atomic E-state index is -0.980. The van der Waals surface area contributed by atoms with Crippen LogP contribution in [0, 0.1) is 0 Å². The Morgan fingerprint density at radius 2 is 2.18 bits per heavy atom. The van der Waals surface area contributed by atoms with E-state index < -0.39 is 11.8 Å². The lowest BCUT2D eigenvalue weighted by Crippen LogP contribution is -2.37. The number of amides is 2. The van der Waals surface area contributed by atoms with Crippen molar-refractivity contribution < 1.29 is 14.3 Å². The lowest BCUT2D eigenvalue weighted by atomic mass is 10.1. The fourth-order valence-electron chi connectivity index (χ4n) is 1.34. The van der Waals surface area contributed by atoms with Gasteiger partial charge in [-0.3, -0.25) is 9.59 Å². The van der Waals surface area contributed by atoms with Gasteiger partial charge in [-0.1, -0.05) is 15.9 Å². The van der Waals surface area contributed by atoms with Crippen LogP contribution in [0.2, 0.25) is 0 Å². The van der Waals surface area contributed by atoms with Crippen molar-refractivity contribution in [1.29, 1.82) is 0 Å².